The zero-order valence-corrected chi connectivity index (χ0v) is 14.7. The van der Waals surface area contributed by atoms with Crippen molar-refractivity contribution in [2.45, 2.75) is 32.9 Å². The predicted molar refractivity (Wildman–Crippen MR) is 92.6 cm³/mol. The number of benzene rings is 1. The van der Waals surface area contributed by atoms with Gasteiger partial charge in [0.2, 0.25) is 0 Å². The van der Waals surface area contributed by atoms with Gasteiger partial charge in [0, 0.05) is 31.0 Å². The number of hydrogen-bond donors (Lipinski definition) is 0. The van der Waals surface area contributed by atoms with E-state index in [-0.39, 0.29) is 17.5 Å². The van der Waals surface area contributed by atoms with Crippen molar-refractivity contribution in [3.05, 3.63) is 47.3 Å². The summed E-state index contributed by atoms with van der Waals surface area (Å²) in [6.45, 7) is 4.96. The van der Waals surface area contributed by atoms with Gasteiger partial charge in [0.05, 0.1) is 23.7 Å². The fourth-order valence-electron chi connectivity index (χ4n) is 3.13. The summed E-state index contributed by atoms with van der Waals surface area (Å²) in [5.74, 6) is 0.482. The zero-order valence-electron chi connectivity index (χ0n) is 13.9. The Bertz CT molecular complexity index is 811. The summed E-state index contributed by atoms with van der Waals surface area (Å²) in [5.41, 5.74) is 4.79. The van der Waals surface area contributed by atoms with Gasteiger partial charge < -0.3 is 4.90 Å². The smallest absolute Gasteiger partial charge is 0.152 e. The van der Waals surface area contributed by atoms with Crippen LogP contribution in [0.4, 0.5) is 5.69 Å². The van der Waals surface area contributed by atoms with E-state index in [1.165, 1.54) is 16.8 Å². The molecule has 1 unspecified atom stereocenters. The van der Waals surface area contributed by atoms with Crippen LogP contribution in [0, 0.1) is 13.8 Å². The van der Waals surface area contributed by atoms with Crippen LogP contribution in [0.15, 0.2) is 30.6 Å². The van der Waals surface area contributed by atoms with E-state index in [4.69, 9.17) is 0 Å². The Morgan fingerprint density at radius 1 is 1.35 bits per heavy atom. The minimum atomic E-state index is -2.88. The van der Waals surface area contributed by atoms with E-state index < -0.39 is 9.84 Å². The van der Waals surface area contributed by atoms with Gasteiger partial charge in [-0.2, -0.15) is 5.10 Å². The van der Waals surface area contributed by atoms with E-state index in [0.29, 0.717) is 6.42 Å². The molecule has 1 aliphatic heterocycles. The minimum Gasteiger partial charge on any atom is -0.370 e. The van der Waals surface area contributed by atoms with Gasteiger partial charge in [0.1, 0.15) is 0 Å². The number of hydrogen-bond acceptors (Lipinski definition) is 4. The van der Waals surface area contributed by atoms with Gasteiger partial charge in [-0.3, -0.25) is 4.68 Å². The molecule has 2 heterocycles. The number of nitrogens with zero attached hydrogens (tertiary/aromatic N) is 3. The van der Waals surface area contributed by atoms with Crippen molar-refractivity contribution in [2.75, 3.05) is 23.5 Å². The van der Waals surface area contributed by atoms with Crippen LogP contribution >= 0.6 is 0 Å². The maximum Gasteiger partial charge on any atom is 0.152 e. The van der Waals surface area contributed by atoms with Crippen LogP contribution < -0.4 is 4.90 Å². The van der Waals surface area contributed by atoms with E-state index in [0.717, 1.165) is 12.1 Å². The van der Waals surface area contributed by atoms with Crippen LogP contribution in [0.5, 0.6) is 0 Å². The standard InChI is InChI=1S/C17H23N3O2S/c1-13-4-5-14(2)17(8-13)19(3)10-15-9-18-20(11-15)16-6-7-23(21,22)12-16/h4-5,8-9,11,16H,6-7,10,12H2,1-3H3. The molecule has 1 aromatic heterocycles. The van der Waals surface area contributed by atoms with Crippen LogP contribution in [-0.2, 0) is 16.4 Å². The first-order chi connectivity index (χ1) is 10.8. The summed E-state index contributed by atoms with van der Waals surface area (Å²) in [6.07, 6.45) is 4.48. The second kappa shape index (κ2) is 6.00. The average molecular weight is 333 g/mol. The van der Waals surface area contributed by atoms with Crippen LogP contribution in [0.25, 0.3) is 0 Å². The lowest BCUT2D eigenvalue weighted by Gasteiger charge is -2.21. The van der Waals surface area contributed by atoms with Crippen molar-refractivity contribution < 1.29 is 8.42 Å². The van der Waals surface area contributed by atoms with E-state index >= 15 is 0 Å². The van der Waals surface area contributed by atoms with Crippen molar-refractivity contribution in [1.29, 1.82) is 0 Å². The molecular formula is C17H23N3O2S. The lowest BCUT2D eigenvalue weighted by molar-refractivity contribution is 0.499. The second-order valence-electron chi connectivity index (χ2n) is 6.53. The van der Waals surface area contributed by atoms with Gasteiger partial charge in [-0.05, 0) is 37.5 Å². The first-order valence-corrected chi connectivity index (χ1v) is 9.68. The Morgan fingerprint density at radius 2 is 2.13 bits per heavy atom. The maximum atomic E-state index is 11.6. The van der Waals surface area contributed by atoms with Crippen molar-refractivity contribution in [3.63, 3.8) is 0 Å². The molecule has 0 radical (unpaired) electrons. The lowest BCUT2D eigenvalue weighted by Crippen LogP contribution is -2.17. The third kappa shape index (κ3) is 3.58. The zero-order chi connectivity index (χ0) is 16.6. The molecule has 0 N–H and O–H groups in total. The number of aryl methyl sites for hydroxylation is 2. The Hall–Kier alpha value is -1.82. The van der Waals surface area contributed by atoms with E-state index in [1.807, 2.05) is 17.1 Å². The topological polar surface area (TPSA) is 55.2 Å². The fraction of sp³-hybridized carbons (Fsp3) is 0.471. The Balaban J connectivity index is 1.73. The fourth-order valence-corrected chi connectivity index (χ4v) is 4.84. The summed E-state index contributed by atoms with van der Waals surface area (Å²) in [5, 5.41) is 4.38. The Morgan fingerprint density at radius 3 is 2.83 bits per heavy atom. The normalized spacial score (nSPS) is 19.9. The molecule has 1 aliphatic rings. The Kier molecular flexibility index (Phi) is 4.19. The van der Waals surface area contributed by atoms with Gasteiger partial charge in [0.15, 0.2) is 9.84 Å². The molecule has 0 aliphatic carbocycles. The van der Waals surface area contributed by atoms with E-state index in [2.05, 4.69) is 49.1 Å². The molecular weight excluding hydrogens is 310 g/mol. The second-order valence-corrected chi connectivity index (χ2v) is 8.76. The molecule has 3 rings (SSSR count). The van der Waals surface area contributed by atoms with Crippen LogP contribution in [0.3, 0.4) is 0 Å². The monoisotopic (exact) mass is 333 g/mol. The summed E-state index contributed by atoms with van der Waals surface area (Å²) >= 11 is 0. The van der Waals surface area contributed by atoms with Crippen molar-refractivity contribution in [2.24, 2.45) is 0 Å². The van der Waals surface area contributed by atoms with Crippen LogP contribution in [0.1, 0.15) is 29.2 Å². The van der Waals surface area contributed by atoms with Gasteiger partial charge >= 0.3 is 0 Å². The molecule has 124 valence electrons. The first kappa shape index (κ1) is 16.1. The molecule has 1 fully saturated rings. The maximum absolute atomic E-state index is 11.6. The molecule has 0 amide bonds. The highest BCUT2D eigenvalue weighted by Crippen LogP contribution is 2.25. The number of rotatable bonds is 4. The largest absolute Gasteiger partial charge is 0.370 e. The highest BCUT2D eigenvalue weighted by Gasteiger charge is 2.29. The molecule has 0 spiro atoms. The molecule has 6 heteroatoms. The highest BCUT2D eigenvalue weighted by molar-refractivity contribution is 7.91. The van der Waals surface area contributed by atoms with Gasteiger partial charge in [-0.1, -0.05) is 12.1 Å². The lowest BCUT2D eigenvalue weighted by atomic mass is 10.1. The molecule has 5 nitrogen and oxygen atoms in total. The molecule has 23 heavy (non-hydrogen) atoms. The van der Waals surface area contributed by atoms with Gasteiger partial charge in [0.25, 0.3) is 0 Å². The first-order valence-electron chi connectivity index (χ1n) is 7.86. The minimum absolute atomic E-state index is 0.0141. The van der Waals surface area contributed by atoms with Crippen molar-refractivity contribution in [3.8, 4) is 0 Å². The third-order valence-corrected chi connectivity index (χ3v) is 6.18. The summed E-state index contributed by atoms with van der Waals surface area (Å²) < 4.78 is 25.0. The van der Waals surface area contributed by atoms with Gasteiger partial charge in [-0.15, -0.1) is 0 Å². The van der Waals surface area contributed by atoms with Gasteiger partial charge in [-0.25, -0.2) is 8.42 Å². The van der Waals surface area contributed by atoms with Crippen LogP contribution in [-0.4, -0.2) is 36.8 Å². The molecule has 1 aromatic carbocycles. The summed E-state index contributed by atoms with van der Waals surface area (Å²) in [7, 11) is -0.813. The Labute approximate surface area is 137 Å². The number of anilines is 1. The summed E-state index contributed by atoms with van der Waals surface area (Å²) in [6, 6.07) is 6.42. The molecule has 0 saturated carbocycles. The summed E-state index contributed by atoms with van der Waals surface area (Å²) in [4.78, 5) is 2.20. The predicted octanol–water partition coefficient (Wildman–Crippen LogP) is 2.50. The third-order valence-electron chi connectivity index (χ3n) is 4.43. The molecule has 1 atom stereocenters. The molecule has 0 bridgehead atoms. The van der Waals surface area contributed by atoms with E-state index in [9.17, 15) is 8.42 Å². The number of sulfone groups is 1. The van der Waals surface area contributed by atoms with Crippen molar-refractivity contribution in [1.82, 2.24) is 9.78 Å². The SMILES string of the molecule is Cc1ccc(C)c(N(C)Cc2cnn(C3CCS(=O)(=O)C3)c2)c1. The van der Waals surface area contributed by atoms with E-state index in [1.54, 1.807) is 0 Å². The van der Waals surface area contributed by atoms with Crippen molar-refractivity contribution >= 4 is 15.5 Å². The molecule has 2 aromatic rings. The number of aromatic nitrogens is 2. The van der Waals surface area contributed by atoms with Crippen LogP contribution in [0.2, 0.25) is 0 Å². The quantitative estimate of drug-likeness (QED) is 0.863. The highest BCUT2D eigenvalue weighted by atomic mass is 32.2. The average Bonchev–Trinajstić information content (AvgIpc) is 3.07. The molecule has 1 saturated heterocycles.